The van der Waals surface area contributed by atoms with E-state index in [1.807, 2.05) is 0 Å². The zero-order valence-corrected chi connectivity index (χ0v) is 30.4. The normalized spacial score (nSPS) is 32.7. The molecule has 15 N–H and O–H groups in total. The number of nitrogens with one attached hydrogen (secondary N) is 1. The Morgan fingerprint density at radius 1 is 0.966 bits per heavy atom. The minimum Gasteiger partial charge on any atom is -0.507 e. The fourth-order valence-corrected chi connectivity index (χ4v) is 7.63. The molecule has 0 radical (unpaired) electrons. The maximum Gasteiger partial charge on any atom is 0.340 e. The molecule has 0 saturated carbocycles. The van der Waals surface area contributed by atoms with Crippen LogP contribution in [0.4, 0.5) is 0 Å². The van der Waals surface area contributed by atoms with Crippen LogP contribution in [0.2, 0.25) is 0 Å². The van der Waals surface area contributed by atoms with Gasteiger partial charge in [-0.25, -0.2) is 9.59 Å². The number of carbonyl (C=O) groups excluding carboxylic acids is 1. The van der Waals surface area contributed by atoms with E-state index < -0.39 is 120 Å². The van der Waals surface area contributed by atoms with Gasteiger partial charge in [0.2, 0.25) is 24.0 Å². The highest BCUT2D eigenvalue weighted by Crippen LogP contribution is 2.52. The van der Waals surface area contributed by atoms with Crippen LogP contribution in [0.15, 0.2) is 57.4 Å². The van der Waals surface area contributed by atoms with Gasteiger partial charge in [-0.05, 0) is 36.6 Å². The van der Waals surface area contributed by atoms with Crippen LogP contribution in [0, 0.1) is 0 Å². The number of aliphatic carboxylic acids is 1. The molecule has 0 aliphatic carbocycles. The molecular formula is C37H40N2O20. The summed E-state index contributed by atoms with van der Waals surface area (Å²) >= 11 is 0. The van der Waals surface area contributed by atoms with Crippen molar-refractivity contribution < 1.29 is 94.2 Å². The molecular weight excluding hydrogens is 792 g/mol. The summed E-state index contributed by atoms with van der Waals surface area (Å²) < 4.78 is 28.1. The third-order valence-corrected chi connectivity index (χ3v) is 10.7. The minimum atomic E-state index is -3.55. The zero-order chi connectivity index (χ0) is 42.9. The Morgan fingerprint density at radius 2 is 1.69 bits per heavy atom. The van der Waals surface area contributed by atoms with Crippen LogP contribution in [-0.4, -0.2) is 147 Å². The Morgan fingerprint density at radius 3 is 2.36 bits per heavy atom. The lowest BCUT2D eigenvalue weighted by Crippen LogP contribution is -2.70. The highest BCUT2D eigenvalue weighted by molar-refractivity contribution is 5.89. The number of dihydropyridines is 1. The van der Waals surface area contributed by atoms with E-state index in [0.717, 1.165) is 18.2 Å². The number of carbonyl (C=O) groups is 2. The van der Waals surface area contributed by atoms with Gasteiger partial charge >= 0.3 is 11.9 Å². The van der Waals surface area contributed by atoms with Crippen molar-refractivity contribution in [3.05, 3.63) is 69.5 Å². The number of aliphatic hydroxyl groups is 8. The third kappa shape index (κ3) is 7.12. The molecule has 4 aliphatic heterocycles. The molecule has 2 saturated heterocycles. The number of aromatic hydroxyl groups is 3. The molecule has 11 atom stereocenters. The Bertz CT molecular complexity index is 2290. The van der Waals surface area contributed by atoms with Gasteiger partial charge in [0.05, 0.1) is 6.17 Å². The van der Waals surface area contributed by atoms with Crippen LogP contribution >= 0.6 is 0 Å². The first kappa shape index (κ1) is 41.8. The SMILES string of the molecule is NC1C=CC([C@@H]2CC[C@]3(Oc4cc5oc(-c6cc(O)c(O)c(CCO)c6)cc(=O)c5c(O)c42)O[C@H](C(=O)O[C@H]2O[C@H](C(=O)O)C(O)(O)[C@H](O)[C@H]2O)[C@@H](O)[C@H](O)[C@H]3O)=CN1. The van der Waals surface area contributed by atoms with Crippen molar-refractivity contribution in [2.45, 2.75) is 91.9 Å². The van der Waals surface area contributed by atoms with E-state index in [2.05, 4.69) is 5.32 Å². The second-order valence-electron chi connectivity index (χ2n) is 14.5. The summed E-state index contributed by atoms with van der Waals surface area (Å²) in [5.41, 5.74) is 5.43. The molecule has 22 nitrogen and oxygen atoms in total. The summed E-state index contributed by atoms with van der Waals surface area (Å²) in [5, 5.41) is 128. The van der Waals surface area contributed by atoms with E-state index in [-0.39, 0.29) is 52.0 Å². The van der Waals surface area contributed by atoms with Gasteiger partial charge in [-0.2, -0.15) is 0 Å². The molecule has 2 aromatic carbocycles. The number of nitrogens with two attached hydrogens (primary N) is 1. The minimum absolute atomic E-state index is 0.0606. The fraction of sp³-hybridized carbons (Fsp3) is 0.432. The van der Waals surface area contributed by atoms with Gasteiger partial charge in [0, 0.05) is 54.0 Å². The van der Waals surface area contributed by atoms with Gasteiger partial charge in [-0.1, -0.05) is 6.08 Å². The van der Waals surface area contributed by atoms with Crippen LogP contribution in [0.5, 0.6) is 23.0 Å². The average molecular weight is 833 g/mol. The van der Waals surface area contributed by atoms with Crippen LogP contribution in [-0.2, 0) is 30.2 Å². The van der Waals surface area contributed by atoms with E-state index in [1.165, 1.54) is 12.3 Å². The number of carboxylic acid groups (broad SMARTS) is 1. The number of phenols is 3. The summed E-state index contributed by atoms with van der Waals surface area (Å²) in [4.78, 5) is 39.0. The van der Waals surface area contributed by atoms with Crippen LogP contribution in [0.1, 0.15) is 29.9 Å². The van der Waals surface area contributed by atoms with E-state index in [9.17, 15) is 75.7 Å². The van der Waals surface area contributed by atoms with E-state index in [4.69, 9.17) is 29.1 Å². The molecule has 5 heterocycles. The second-order valence-corrected chi connectivity index (χ2v) is 14.5. The standard InChI is InChI=1S/C37H40N2O20/c38-21-2-1-13(11-39-21)15-3-5-36(30(48)27(46)26(45)29(59-36)34(52)57-35-28(47)31(49)37(53,54)32(56-35)33(50)51)58-20-10-19-23(25(44)22(15)20)16(41)9-18(55-19)14-7-12(4-6-40)24(43)17(42)8-14/h1-2,7-11,15,21,26-32,35,39-40,42-49,53-54H,3-6,38H2,(H,50,51)/t15-,21?,26-,27-,28+,29-,30+,31+,32+,35+,36-/m0/s1. The zero-order valence-electron chi connectivity index (χ0n) is 30.4. The molecule has 1 aromatic heterocycles. The maximum absolute atomic E-state index is 13.7. The van der Waals surface area contributed by atoms with Gasteiger partial charge in [0.15, 0.2) is 23.0 Å². The predicted molar refractivity (Wildman–Crippen MR) is 192 cm³/mol. The predicted octanol–water partition coefficient (Wildman–Crippen LogP) is -3.37. The van der Waals surface area contributed by atoms with Crippen LogP contribution in [0.3, 0.4) is 0 Å². The van der Waals surface area contributed by atoms with Crippen molar-refractivity contribution in [3.8, 4) is 34.3 Å². The topological polar surface area (TPSA) is 382 Å². The van der Waals surface area contributed by atoms with Crippen molar-refractivity contribution in [3.63, 3.8) is 0 Å². The van der Waals surface area contributed by atoms with E-state index in [1.54, 1.807) is 12.2 Å². The Kier molecular flexibility index (Phi) is 10.9. The molecule has 318 valence electrons. The molecule has 0 bridgehead atoms. The monoisotopic (exact) mass is 832 g/mol. The lowest BCUT2D eigenvalue weighted by molar-refractivity contribution is -0.375. The molecule has 2 fully saturated rings. The highest BCUT2D eigenvalue weighted by atomic mass is 16.8. The first-order valence-electron chi connectivity index (χ1n) is 18.0. The average Bonchev–Trinajstić information content (AvgIpc) is 3.35. The van der Waals surface area contributed by atoms with Gasteiger partial charge in [-0.15, -0.1) is 0 Å². The quantitative estimate of drug-likeness (QED) is 0.0627. The first-order valence-corrected chi connectivity index (χ1v) is 18.0. The van der Waals surface area contributed by atoms with Gasteiger partial charge in [-0.3, -0.25) is 4.79 Å². The van der Waals surface area contributed by atoms with Gasteiger partial charge < -0.3 is 95.7 Å². The second kappa shape index (κ2) is 15.3. The number of aliphatic hydroxyl groups excluding tert-OH is 6. The van der Waals surface area contributed by atoms with Crippen molar-refractivity contribution in [1.82, 2.24) is 5.32 Å². The van der Waals surface area contributed by atoms with Crippen molar-refractivity contribution in [2.24, 2.45) is 5.73 Å². The van der Waals surface area contributed by atoms with E-state index >= 15 is 0 Å². The number of phenolic OH excluding ortho intramolecular Hbond substituents is 3. The number of benzene rings is 2. The van der Waals surface area contributed by atoms with Gasteiger partial charge in [0.1, 0.15) is 58.7 Å². The number of esters is 1. The number of ether oxygens (including phenoxy) is 4. The molecule has 3 aromatic rings. The highest BCUT2D eigenvalue weighted by Gasteiger charge is 2.61. The number of fused-ring (bicyclic) bond motifs is 2. The smallest absolute Gasteiger partial charge is 0.340 e. The Labute approximate surface area is 330 Å². The van der Waals surface area contributed by atoms with Crippen molar-refractivity contribution >= 4 is 22.9 Å². The first-order chi connectivity index (χ1) is 27.8. The summed E-state index contributed by atoms with van der Waals surface area (Å²) in [7, 11) is 0. The molecule has 59 heavy (non-hydrogen) atoms. The number of rotatable bonds is 7. The lowest BCUT2D eigenvalue weighted by Gasteiger charge is -2.47. The van der Waals surface area contributed by atoms with Gasteiger partial charge in [0.25, 0.3) is 0 Å². The molecule has 4 aliphatic rings. The van der Waals surface area contributed by atoms with E-state index in [0.29, 0.717) is 5.57 Å². The number of hydrogen-bond acceptors (Lipinski definition) is 21. The van der Waals surface area contributed by atoms with Crippen molar-refractivity contribution in [2.75, 3.05) is 6.61 Å². The van der Waals surface area contributed by atoms with Crippen LogP contribution < -0.4 is 21.2 Å². The summed E-state index contributed by atoms with van der Waals surface area (Å²) in [6, 6.07) is 4.60. The largest absolute Gasteiger partial charge is 0.507 e. The molecule has 1 spiro atoms. The summed E-state index contributed by atoms with van der Waals surface area (Å²) in [6.45, 7) is -0.400. The molecule has 1 unspecified atom stereocenters. The Hall–Kier alpha value is -5.37. The number of hydrogen-bond donors (Lipinski definition) is 14. The van der Waals surface area contributed by atoms with Crippen LogP contribution in [0.25, 0.3) is 22.3 Å². The maximum atomic E-state index is 13.7. The summed E-state index contributed by atoms with van der Waals surface area (Å²) in [6.07, 6.45) is -15.9. The van der Waals surface area contributed by atoms with Crippen molar-refractivity contribution in [1.29, 1.82) is 0 Å². The molecule has 22 heteroatoms. The summed E-state index contributed by atoms with van der Waals surface area (Å²) in [5.74, 6) is -13.0. The Balaban J connectivity index is 1.31. The number of allylic oxidation sites excluding steroid dienone is 2. The number of carboxylic acids is 1. The molecule has 0 amide bonds. The third-order valence-electron chi connectivity index (χ3n) is 10.7. The fourth-order valence-electron chi connectivity index (χ4n) is 7.63. The lowest BCUT2D eigenvalue weighted by atomic mass is 9.82. The molecule has 7 rings (SSSR count).